The Labute approximate surface area is 156 Å². The molecule has 1 aliphatic heterocycles. The second kappa shape index (κ2) is 7.00. The van der Waals surface area contributed by atoms with Crippen LogP contribution in [-0.4, -0.2) is 18.4 Å². The van der Waals surface area contributed by atoms with Gasteiger partial charge in [-0.2, -0.15) is 0 Å². The van der Waals surface area contributed by atoms with Gasteiger partial charge in [0, 0.05) is 28.8 Å². The van der Waals surface area contributed by atoms with Crippen LogP contribution < -0.4 is 10.2 Å². The predicted octanol–water partition coefficient (Wildman–Crippen LogP) is 4.37. The third kappa shape index (κ3) is 3.61. The van der Waals surface area contributed by atoms with Gasteiger partial charge in [-0.05, 0) is 61.7 Å². The Hall–Kier alpha value is -2.14. The van der Waals surface area contributed by atoms with Crippen molar-refractivity contribution >= 4 is 39.1 Å². The summed E-state index contributed by atoms with van der Waals surface area (Å²) in [6.45, 7) is 6.41. The van der Waals surface area contributed by atoms with Gasteiger partial charge in [0.05, 0.1) is 5.92 Å². The van der Waals surface area contributed by atoms with Crippen LogP contribution in [0, 0.1) is 26.7 Å². The summed E-state index contributed by atoms with van der Waals surface area (Å²) in [7, 11) is 0. The standard InChI is InChI=1S/C20H21BrN2O2/c1-12-5-4-6-18(14(12)3)23-11-15(10-19(23)24)20(25)22-17-8-7-16(21)9-13(17)2/h4-9,15H,10-11H2,1-3H3,(H,22,25)/t15-/m1/s1. The van der Waals surface area contributed by atoms with Crippen molar-refractivity contribution in [2.24, 2.45) is 5.92 Å². The molecule has 2 aromatic rings. The molecule has 0 spiro atoms. The smallest absolute Gasteiger partial charge is 0.229 e. The summed E-state index contributed by atoms with van der Waals surface area (Å²) in [5, 5.41) is 2.96. The minimum atomic E-state index is -0.338. The topological polar surface area (TPSA) is 49.4 Å². The average Bonchev–Trinajstić information content (AvgIpc) is 2.94. The first-order valence-electron chi connectivity index (χ1n) is 8.30. The average molecular weight is 401 g/mol. The molecule has 0 aromatic heterocycles. The van der Waals surface area contributed by atoms with Crippen molar-refractivity contribution < 1.29 is 9.59 Å². The first-order valence-corrected chi connectivity index (χ1v) is 9.09. The van der Waals surface area contributed by atoms with E-state index in [-0.39, 0.29) is 24.2 Å². The number of rotatable bonds is 3. The van der Waals surface area contributed by atoms with Gasteiger partial charge >= 0.3 is 0 Å². The fourth-order valence-corrected chi connectivity index (χ4v) is 3.62. The van der Waals surface area contributed by atoms with Crippen molar-refractivity contribution in [3.8, 4) is 0 Å². The number of carbonyl (C=O) groups excluding carboxylic acids is 2. The molecule has 4 nitrogen and oxygen atoms in total. The maximum atomic E-state index is 12.6. The first-order chi connectivity index (χ1) is 11.9. The van der Waals surface area contributed by atoms with Crippen LogP contribution in [0.1, 0.15) is 23.1 Å². The molecule has 0 aliphatic carbocycles. The summed E-state index contributed by atoms with van der Waals surface area (Å²) >= 11 is 3.42. The van der Waals surface area contributed by atoms with Gasteiger partial charge in [0.2, 0.25) is 11.8 Å². The molecule has 2 aromatic carbocycles. The largest absolute Gasteiger partial charge is 0.326 e. The Morgan fingerprint density at radius 3 is 2.64 bits per heavy atom. The third-order valence-electron chi connectivity index (χ3n) is 4.81. The van der Waals surface area contributed by atoms with Crippen LogP contribution in [0.15, 0.2) is 40.9 Å². The lowest BCUT2D eigenvalue weighted by Crippen LogP contribution is -2.28. The Morgan fingerprint density at radius 1 is 1.16 bits per heavy atom. The predicted molar refractivity (Wildman–Crippen MR) is 104 cm³/mol. The molecule has 0 saturated carbocycles. The van der Waals surface area contributed by atoms with Gasteiger partial charge in [0.25, 0.3) is 0 Å². The van der Waals surface area contributed by atoms with E-state index in [0.29, 0.717) is 6.54 Å². The number of amides is 2. The number of nitrogens with zero attached hydrogens (tertiary/aromatic N) is 1. The molecule has 0 unspecified atom stereocenters. The van der Waals surface area contributed by atoms with Crippen LogP contribution in [-0.2, 0) is 9.59 Å². The van der Waals surface area contributed by atoms with Crippen molar-refractivity contribution in [3.05, 3.63) is 57.6 Å². The SMILES string of the molecule is Cc1cc(Br)ccc1NC(=O)[C@@H]1CC(=O)N(c2cccc(C)c2C)C1. The molecule has 5 heteroatoms. The summed E-state index contributed by atoms with van der Waals surface area (Å²) in [6, 6.07) is 11.6. The van der Waals surface area contributed by atoms with Gasteiger partial charge in [-0.1, -0.05) is 28.1 Å². The molecule has 1 heterocycles. The minimum Gasteiger partial charge on any atom is -0.326 e. The zero-order chi connectivity index (χ0) is 18.1. The molecule has 1 atom stereocenters. The number of hydrogen-bond acceptors (Lipinski definition) is 2. The molecular weight excluding hydrogens is 380 g/mol. The van der Waals surface area contributed by atoms with E-state index in [1.165, 1.54) is 0 Å². The van der Waals surface area contributed by atoms with Crippen molar-refractivity contribution in [2.45, 2.75) is 27.2 Å². The maximum absolute atomic E-state index is 12.6. The zero-order valence-electron chi connectivity index (χ0n) is 14.6. The van der Waals surface area contributed by atoms with Gasteiger partial charge in [-0.25, -0.2) is 0 Å². The molecule has 3 rings (SSSR count). The highest BCUT2D eigenvalue weighted by atomic mass is 79.9. The number of halogens is 1. The summed E-state index contributed by atoms with van der Waals surface area (Å²) in [5.41, 5.74) is 4.90. The quantitative estimate of drug-likeness (QED) is 0.831. The Kier molecular flexibility index (Phi) is 4.95. The molecule has 2 amide bonds. The maximum Gasteiger partial charge on any atom is 0.229 e. The Bertz CT molecular complexity index is 848. The van der Waals surface area contributed by atoms with E-state index >= 15 is 0 Å². The van der Waals surface area contributed by atoms with Crippen LogP contribution in [0.2, 0.25) is 0 Å². The molecule has 0 bridgehead atoms. The summed E-state index contributed by atoms with van der Waals surface area (Å²) in [5.74, 6) is -0.441. The highest BCUT2D eigenvalue weighted by molar-refractivity contribution is 9.10. The fourth-order valence-electron chi connectivity index (χ4n) is 3.15. The van der Waals surface area contributed by atoms with Crippen LogP contribution in [0.3, 0.4) is 0 Å². The summed E-state index contributed by atoms with van der Waals surface area (Å²) in [6.07, 6.45) is 0.245. The minimum absolute atomic E-state index is 0.00128. The number of anilines is 2. The van der Waals surface area contributed by atoms with E-state index in [1.807, 2.05) is 57.2 Å². The van der Waals surface area contributed by atoms with Crippen LogP contribution in [0.25, 0.3) is 0 Å². The Morgan fingerprint density at radius 2 is 1.92 bits per heavy atom. The fraction of sp³-hybridized carbons (Fsp3) is 0.300. The van der Waals surface area contributed by atoms with Gasteiger partial charge in [-0.15, -0.1) is 0 Å². The van der Waals surface area contributed by atoms with Gasteiger partial charge in [0.15, 0.2) is 0 Å². The van der Waals surface area contributed by atoms with E-state index in [4.69, 9.17) is 0 Å². The normalized spacial score (nSPS) is 17.0. The molecule has 1 aliphatic rings. The van der Waals surface area contributed by atoms with Crippen LogP contribution >= 0.6 is 15.9 Å². The molecular formula is C20H21BrN2O2. The number of nitrogens with one attached hydrogen (secondary N) is 1. The molecule has 25 heavy (non-hydrogen) atoms. The molecule has 1 saturated heterocycles. The van der Waals surface area contributed by atoms with Crippen LogP contribution in [0.5, 0.6) is 0 Å². The summed E-state index contributed by atoms with van der Waals surface area (Å²) < 4.78 is 0.972. The second-order valence-corrected chi connectivity index (χ2v) is 7.49. The third-order valence-corrected chi connectivity index (χ3v) is 5.30. The van der Waals surface area contributed by atoms with Gasteiger partial charge in [-0.3, -0.25) is 9.59 Å². The van der Waals surface area contributed by atoms with Crippen molar-refractivity contribution in [1.29, 1.82) is 0 Å². The second-order valence-electron chi connectivity index (χ2n) is 6.57. The Balaban J connectivity index is 1.75. The van der Waals surface area contributed by atoms with E-state index in [0.717, 1.165) is 32.5 Å². The van der Waals surface area contributed by atoms with E-state index in [9.17, 15) is 9.59 Å². The highest BCUT2D eigenvalue weighted by Crippen LogP contribution is 2.30. The number of hydrogen-bond donors (Lipinski definition) is 1. The summed E-state index contributed by atoms with van der Waals surface area (Å²) in [4.78, 5) is 26.8. The zero-order valence-corrected chi connectivity index (χ0v) is 16.2. The van der Waals surface area contributed by atoms with Crippen molar-refractivity contribution in [3.63, 3.8) is 0 Å². The van der Waals surface area contributed by atoms with E-state index in [1.54, 1.807) is 4.90 Å². The lowest BCUT2D eigenvalue weighted by molar-refractivity contribution is -0.122. The lowest BCUT2D eigenvalue weighted by Gasteiger charge is -2.20. The number of aryl methyl sites for hydroxylation is 2. The molecule has 1 fully saturated rings. The monoisotopic (exact) mass is 400 g/mol. The lowest BCUT2D eigenvalue weighted by atomic mass is 10.1. The van der Waals surface area contributed by atoms with Crippen molar-refractivity contribution in [2.75, 3.05) is 16.8 Å². The number of benzene rings is 2. The van der Waals surface area contributed by atoms with Crippen molar-refractivity contribution in [1.82, 2.24) is 0 Å². The molecule has 0 radical (unpaired) electrons. The van der Waals surface area contributed by atoms with Gasteiger partial charge < -0.3 is 10.2 Å². The molecule has 1 N–H and O–H groups in total. The number of carbonyl (C=O) groups is 2. The van der Waals surface area contributed by atoms with Gasteiger partial charge in [0.1, 0.15) is 0 Å². The highest BCUT2D eigenvalue weighted by Gasteiger charge is 2.35. The first kappa shape index (κ1) is 17.7. The van der Waals surface area contributed by atoms with Crippen LogP contribution in [0.4, 0.5) is 11.4 Å². The van der Waals surface area contributed by atoms with E-state index < -0.39 is 0 Å². The molecule has 130 valence electrons. The van der Waals surface area contributed by atoms with E-state index in [2.05, 4.69) is 21.2 Å².